The highest BCUT2D eigenvalue weighted by Gasteiger charge is 2.60. The number of halogens is 2. The van der Waals surface area contributed by atoms with Gasteiger partial charge in [0.15, 0.2) is 0 Å². The van der Waals surface area contributed by atoms with E-state index < -0.39 is 11.4 Å². The minimum absolute atomic E-state index is 0.0519. The molecule has 0 spiro atoms. The average molecular weight is 444 g/mol. The first-order valence-electron chi connectivity index (χ1n) is 10.3. The summed E-state index contributed by atoms with van der Waals surface area (Å²) in [6, 6.07) is 4.07. The number of rotatable bonds is 4. The number of fused-ring (bicyclic) bond motifs is 1. The number of aliphatic hydroxyl groups is 1. The highest BCUT2D eigenvalue weighted by atomic mass is 35.5. The predicted octanol–water partition coefficient (Wildman–Crippen LogP) is 3.60. The summed E-state index contributed by atoms with van der Waals surface area (Å²) in [6.45, 7) is 0. The van der Waals surface area contributed by atoms with Crippen LogP contribution in [0.4, 0.5) is 10.1 Å². The zero-order valence-electron chi connectivity index (χ0n) is 17.2. The van der Waals surface area contributed by atoms with Gasteiger partial charge >= 0.3 is 0 Å². The molecule has 1 amide bonds. The number of carbonyl (C=O) groups excluding carboxylic acids is 1. The molecule has 2 saturated carbocycles. The predicted molar refractivity (Wildman–Crippen MR) is 113 cm³/mol. The van der Waals surface area contributed by atoms with Gasteiger partial charge in [-0.15, -0.1) is 0 Å². The number of hydrogen-bond donors (Lipinski definition) is 2. The quantitative estimate of drug-likeness (QED) is 0.645. The standard InChI is InChI=1S/C22H23ClFN5O2/c1-28-6-5-25-21(28)22(31)10-13-7-12(8-15(13)22)18-19(29(2)11-26-18)20(30)27-14-3-4-17(24)16(23)9-14/h3-6,9,11-13,15,31H,7-8,10H2,1-2H3,(H,27,30). The molecule has 2 N–H and O–H groups in total. The van der Waals surface area contributed by atoms with Gasteiger partial charge in [0, 0.05) is 38.1 Å². The SMILES string of the molecule is Cn1ccnc1C1(O)CC2CC(c3ncn(C)c3C(=O)Nc3ccc(F)c(Cl)c3)CC21. The molecule has 4 unspecified atom stereocenters. The number of carbonyl (C=O) groups is 1. The number of amides is 1. The number of aryl methyl sites for hydroxylation is 2. The van der Waals surface area contributed by atoms with Crippen LogP contribution in [0, 0.1) is 17.7 Å². The number of anilines is 1. The number of nitrogens with one attached hydrogen (secondary N) is 1. The summed E-state index contributed by atoms with van der Waals surface area (Å²) in [4.78, 5) is 21.9. The van der Waals surface area contributed by atoms with Crippen molar-refractivity contribution in [1.29, 1.82) is 0 Å². The van der Waals surface area contributed by atoms with E-state index in [1.54, 1.807) is 24.1 Å². The van der Waals surface area contributed by atoms with E-state index in [4.69, 9.17) is 11.6 Å². The number of aromatic nitrogens is 4. The highest BCUT2D eigenvalue weighted by molar-refractivity contribution is 6.31. The lowest BCUT2D eigenvalue weighted by molar-refractivity contribution is -0.140. The van der Waals surface area contributed by atoms with E-state index in [1.165, 1.54) is 18.2 Å². The first kappa shape index (κ1) is 20.2. The Kier molecular flexibility index (Phi) is 4.67. The van der Waals surface area contributed by atoms with Gasteiger partial charge in [0.25, 0.3) is 5.91 Å². The molecule has 2 fully saturated rings. The molecule has 0 bridgehead atoms. The van der Waals surface area contributed by atoms with Crippen LogP contribution in [0.1, 0.15) is 47.2 Å². The Bertz CT molecular complexity index is 1170. The Balaban J connectivity index is 1.37. The minimum Gasteiger partial charge on any atom is -0.382 e. The lowest BCUT2D eigenvalue weighted by atomic mass is 9.62. The van der Waals surface area contributed by atoms with Crippen molar-refractivity contribution in [3.63, 3.8) is 0 Å². The smallest absolute Gasteiger partial charge is 0.274 e. The van der Waals surface area contributed by atoms with Crippen LogP contribution in [0.3, 0.4) is 0 Å². The van der Waals surface area contributed by atoms with Crippen LogP contribution in [-0.4, -0.2) is 30.1 Å². The zero-order valence-corrected chi connectivity index (χ0v) is 18.0. The number of nitrogens with zero attached hydrogens (tertiary/aromatic N) is 4. The molecule has 31 heavy (non-hydrogen) atoms. The Morgan fingerprint density at radius 3 is 2.81 bits per heavy atom. The van der Waals surface area contributed by atoms with Crippen molar-refractivity contribution in [1.82, 2.24) is 19.1 Å². The molecular formula is C22H23ClFN5O2. The maximum Gasteiger partial charge on any atom is 0.274 e. The van der Waals surface area contributed by atoms with Crippen LogP contribution in [-0.2, 0) is 19.7 Å². The molecule has 0 saturated heterocycles. The fourth-order valence-corrected chi connectivity index (χ4v) is 5.56. The highest BCUT2D eigenvalue weighted by Crippen LogP contribution is 2.61. The molecule has 0 aliphatic heterocycles. The minimum atomic E-state index is -0.931. The van der Waals surface area contributed by atoms with Gasteiger partial charge in [-0.3, -0.25) is 4.79 Å². The molecular weight excluding hydrogens is 421 g/mol. The molecule has 1 aromatic carbocycles. The lowest BCUT2D eigenvalue weighted by Crippen LogP contribution is -2.50. The van der Waals surface area contributed by atoms with Crippen LogP contribution < -0.4 is 5.32 Å². The molecule has 2 heterocycles. The van der Waals surface area contributed by atoms with Crippen molar-refractivity contribution < 1.29 is 14.3 Å². The van der Waals surface area contributed by atoms with Gasteiger partial charge in [0.05, 0.1) is 17.0 Å². The van der Waals surface area contributed by atoms with Crippen LogP contribution in [0.25, 0.3) is 0 Å². The van der Waals surface area contributed by atoms with E-state index >= 15 is 0 Å². The van der Waals surface area contributed by atoms with Crippen molar-refractivity contribution in [2.75, 3.05) is 5.32 Å². The first-order chi connectivity index (χ1) is 14.8. The summed E-state index contributed by atoms with van der Waals surface area (Å²) >= 11 is 5.83. The maximum atomic E-state index is 13.4. The van der Waals surface area contributed by atoms with Gasteiger partial charge in [0.2, 0.25) is 0 Å². The Hall–Kier alpha value is -2.71. The second-order valence-corrected chi connectivity index (χ2v) is 9.10. The third-order valence-corrected chi connectivity index (χ3v) is 7.12. The van der Waals surface area contributed by atoms with E-state index in [2.05, 4.69) is 15.3 Å². The van der Waals surface area contributed by atoms with E-state index in [1.807, 2.05) is 17.8 Å². The van der Waals surface area contributed by atoms with Crippen LogP contribution in [0.5, 0.6) is 0 Å². The van der Waals surface area contributed by atoms with E-state index in [0.29, 0.717) is 29.5 Å². The van der Waals surface area contributed by atoms with Crippen molar-refractivity contribution in [3.8, 4) is 0 Å². The molecule has 3 aromatic rings. The van der Waals surface area contributed by atoms with E-state index in [0.717, 1.165) is 18.5 Å². The Morgan fingerprint density at radius 2 is 2.10 bits per heavy atom. The molecule has 2 aliphatic rings. The van der Waals surface area contributed by atoms with Gasteiger partial charge in [-0.05, 0) is 49.3 Å². The number of imidazole rings is 2. The van der Waals surface area contributed by atoms with Gasteiger partial charge in [-0.2, -0.15) is 0 Å². The zero-order chi connectivity index (χ0) is 21.9. The second kappa shape index (κ2) is 7.17. The van der Waals surface area contributed by atoms with Crippen molar-refractivity contribution in [2.24, 2.45) is 25.9 Å². The molecule has 162 valence electrons. The van der Waals surface area contributed by atoms with Gasteiger partial charge in [0.1, 0.15) is 22.9 Å². The molecule has 5 rings (SSSR count). The Morgan fingerprint density at radius 1 is 1.29 bits per heavy atom. The summed E-state index contributed by atoms with van der Waals surface area (Å²) in [6.07, 6.45) is 7.46. The topological polar surface area (TPSA) is 85.0 Å². The molecule has 2 aromatic heterocycles. The molecule has 7 nitrogen and oxygen atoms in total. The number of hydrogen-bond acceptors (Lipinski definition) is 4. The fourth-order valence-electron chi connectivity index (χ4n) is 5.38. The van der Waals surface area contributed by atoms with Crippen LogP contribution >= 0.6 is 11.6 Å². The summed E-state index contributed by atoms with van der Waals surface area (Å²) in [5.74, 6) is 0.372. The van der Waals surface area contributed by atoms with Crippen molar-refractivity contribution >= 4 is 23.2 Å². The van der Waals surface area contributed by atoms with E-state index in [9.17, 15) is 14.3 Å². The Labute approximate surface area is 183 Å². The average Bonchev–Trinajstić information content (AvgIpc) is 3.41. The van der Waals surface area contributed by atoms with Gasteiger partial charge < -0.3 is 19.6 Å². The third-order valence-electron chi connectivity index (χ3n) is 6.83. The number of benzene rings is 1. The largest absolute Gasteiger partial charge is 0.382 e. The maximum absolute atomic E-state index is 13.4. The lowest BCUT2D eigenvalue weighted by Gasteiger charge is -2.47. The fraction of sp³-hybridized carbons (Fsp3) is 0.409. The molecule has 2 aliphatic carbocycles. The first-order valence-corrected chi connectivity index (χ1v) is 10.6. The van der Waals surface area contributed by atoms with Crippen molar-refractivity contribution in [3.05, 3.63) is 65.0 Å². The normalized spacial score (nSPS) is 27.1. The monoisotopic (exact) mass is 443 g/mol. The van der Waals surface area contributed by atoms with Crippen LogP contribution in [0.15, 0.2) is 36.9 Å². The van der Waals surface area contributed by atoms with Gasteiger partial charge in [-0.1, -0.05) is 11.6 Å². The summed E-state index contributed by atoms with van der Waals surface area (Å²) in [7, 11) is 3.67. The summed E-state index contributed by atoms with van der Waals surface area (Å²) < 4.78 is 17.0. The summed E-state index contributed by atoms with van der Waals surface area (Å²) in [5, 5.41) is 14.0. The van der Waals surface area contributed by atoms with Gasteiger partial charge in [-0.25, -0.2) is 14.4 Å². The summed E-state index contributed by atoms with van der Waals surface area (Å²) in [5.41, 5.74) is 0.677. The van der Waals surface area contributed by atoms with Crippen LogP contribution in [0.2, 0.25) is 5.02 Å². The second-order valence-electron chi connectivity index (χ2n) is 8.70. The molecule has 9 heteroatoms. The molecule has 4 atom stereocenters. The third kappa shape index (κ3) is 3.16. The van der Waals surface area contributed by atoms with E-state index in [-0.39, 0.29) is 22.8 Å². The van der Waals surface area contributed by atoms with Crippen molar-refractivity contribution in [2.45, 2.75) is 30.8 Å². The molecule has 0 radical (unpaired) electrons.